The van der Waals surface area contributed by atoms with E-state index in [-0.39, 0.29) is 0 Å². The predicted molar refractivity (Wildman–Crippen MR) is 82.6 cm³/mol. The van der Waals surface area contributed by atoms with Crippen LogP contribution in [0.5, 0.6) is 0 Å². The van der Waals surface area contributed by atoms with Crippen molar-refractivity contribution in [3.8, 4) is 0 Å². The molecule has 2 rings (SSSR count). The Morgan fingerprint density at radius 2 is 1.86 bits per heavy atom. The third-order valence-electron chi connectivity index (χ3n) is 3.72. The number of nitrogens with one attached hydrogen (secondary N) is 2. The van der Waals surface area contributed by atoms with Crippen LogP contribution in [0.3, 0.4) is 0 Å². The standard InChI is InChI=1S/C15H24N2O3S/c1-2-16-11-13-3-5-15(6-4-13)21(18,19)17-12-14-7-9-20-10-8-14/h3-6,14,16-17H,2,7-12H2,1H3. The second kappa shape index (κ2) is 7.89. The Balaban J connectivity index is 1.91. The summed E-state index contributed by atoms with van der Waals surface area (Å²) >= 11 is 0. The van der Waals surface area contributed by atoms with Gasteiger partial charge in [0.15, 0.2) is 0 Å². The lowest BCUT2D eigenvalue weighted by Crippen LogP contribution is -2.32. The molecule has 0 aromatic heterocycles. The normalized spacial score (nSPS) is 17.0. The molecule has 1 heterocycles. The average molecular weight is 312 g/mol. The molecule has 1 aliphatic heterocycles. The summed E-state index contributed by atoms with van der Waals surface area (Å²) in [6.07, 6.45) is 1.84. The van der Waals surface area contributed by atoms with Crippen LogP contribution in [-0.2, 0) is 21.3 Å². The van der Waals surface area contributed by atoms with Crippen LogP contribution >= 0.6 is 0 Å². The topological polar surface area (TPSA) is 67.4 Å². The van der Waals surface area contributed by atoms with Crippen molar-refractivity contribution >= 4 is 10.0 Å². The molecule has 1 fully saturated rings. The fourth-order valence-electron chi connectivity index (χ4n) is 2.32. The summed E-state index contributed by atoms with van der Waals surface area (Å²) in [5.74, 6) is 0.376. The Labute approximate surface area is 127 Å². The highest BCUT2D eigenvalue weighted by Gasteiger charge is 2.18. The fraction of sp³-hybridized carbons (Fsp3) is 0.600. The molecule has 118 valence electrons. The van der Waals surface area contributed by atoms with E-state index < -0.39 is 10.0 Å². The van der Waals surface area contributed by atoms with Crippen molar-refractivity contribution < 1.29 is 13.2 Å². The first-order valence-electron chi connectivity index (χ1n) is 7.49. The smallest absolute Gasteiger partial charge is 0.240 e. The van der Waals surface area contributed by atoms with Crippen LogP contribution in [0.2, 0.25) is 0 Å². The van der Waals surface area contributed by atoms with Crippen LogP contribution in [0.15, 0.2) is 29.2 Å². The van der Waals surface area contributed by atoms with Crippen LogP contribution in [0.25, 0.3) is 0 Å². The summed E-state index contributed by atoms with van der Waals surface area (Å²) in [4.78, 5) is 0.329. The summed E-state index contributed by atoms with van der Waals surface area (Å²) in [5, 5.41) is 3.21. The maximum Gasteiger partial charge on any atom is 0.240 e. The van der Waals surface area contributed by atoms with Gasteiger partial charge in [-0.3, -0.25) is 0 Å². The molecule has 1 aromatic carbocycles. The molecule has 1 aliphatic rings. The van der Waals surface area contributed by atoms with Gasteiger partial charge in [0.2, 0.25) is 10.0 Å². The second-order valence-corrected chi connectivity index (χ2v) is 7.10. The van der Waals surface area contributed by atoms with Crippen molar-refractivity contribution in [1.82, 2.24) is 10.0 Å². The van der Waals surface area contributed by atoms with Crippen molar-refractivity contribution in [2.24, 2.45) is 5.92 Å². The molecule has 0 saturated carbocycles. The Bertz CT molecular complexity index is 522. The molecule has 0 spiro atoms. The van der Waals surface area contributed by atoms with Gasteiger partial charge in [-0.15, -0.1) is 0 Å². The van der Waals surface area contributed by atoms with Crippen LogP contribution in [0, 0.1) is 5.92 Å². The molecular formula is C15H24N2O3S. The molecule has 0 amide bonds. The molecule has 0 aliphatic carbocycles. The zero-order chi connectivity index (χ0) is 15.1. The van der Waals surface area contributed by atoms with Crippen molar-refractivity contribution in [3.05, 3.63) is 29.8 Å². The van der Waals surface area contributed by atoms with Crippen molar-refractivity contribution in [1.29, 1.82) is 0 Å². The summed E-state index contributed by atoms with van der Waals surface area (Å²) in [6, 6.07) is 7.04. The Kier molecular flexibility index (Phi) is 6.17. The first kappa shape index (κ1) is 16.4. The van der Waals surface area contributed by atoms with E-state index in [0.29, 0.717) is 17.4 Å². The quantitative estimate of drug-likeness (QED) is 0.801. The lowest BCUT2D eigenvalue weighted by Gasteiger charge is -2.22. The van der Waals surface area contributed by atoms with Gasteiger partial charge in [-0.2, -0.15) is 0 Å². The number of benzene rings is 1. The van der Waals surface area contributed by atoms with Crippen molar-refractivity contribution in [2.75, 3.05) is 26.3 Å². The first-order chi connectivity index (χ1) is 10.1. The van der Waals surface area contributed by atoms with Gasteiger partial charge in [0.25, 0.3) is 0 Å². The molecule has 0 unspecified atom stereocenters. The van der Waals surface area contributed by atoms with Crippen LogP contribution in [0.1, 0.15) is 25.3 Å². The maximum absolute atomic E-state index is 12.2. The summed E-state index contributed by atoms with van der Waals surface area (Å²) in [6.45, 7) is 5.64. The molecule has 1 saturated heterocycles. The Morgan fingerprint density at radius 3 is 2.48 bits per heavy atom. The molecule has 6 heteroatoms. The van der Waals surface area contributed by atoms with Crippen molar-refractivity contribution in [3.63, 3.8) is 0 Å². The summed E-state index contributed by atoms with van der Waals surface area (Å²) < 4.78 is 32.5. The monoisotopic (exact) mass is 312 g/mol. The maximum atomic E-state index is 12.2. The lowest BCUT2D eigenvalue weighted by atomic mass is 10.0. The Hall–Kier alpha value is -0.950. The van der Waals surface area contributed by atoms with E-state index in [0.717, 1.165) is 44.7 Å². The van der Waals surface area contributed by atoms with Crippen LogP contribution < -0.4 is 10.0 Å². The molecule has 0 radical (unpaired) electrons. The number of hydrogen-bond acceptors (Lipinski definition) is 4. The minimum absolute atomic E-state index is 0.329. The van der Waals surface area contributed by atoms with Crippen LogP contribution in [0.4, 0.5) is 0 Å². The average Bonchev–Trinajstić information content (AvgIpc) is 2.52. The molecular weight excluding hydrogens is 288 g/mol. The van der Waals surface area contributed by atoms with E-state index in [9.17, 15) is 8.42 Å². The molecule has 0 atom stereocenters. The molecule has 1 aromatic rings. The van der Waals surface area contributed by atoms with E-state index in [1.165, 1.54) is 0 Å². The SMILES string of the molecule is CCNCc1ccc(S(=O)(=O)NCC2CCOCC2)cc1. The minimum Gasteiger partial charge on any atom is -0.381 e. The van der Waals surface area contributed by atoms with E-state index in [1.807, 2.05) is 19.1 Å². The van der Waals surface area contributed by atoms with Gasteiger partial charge < -0.3 is 10.1 Å². The predicted octanol–water partition coefficient (Wildman–Crippen LogP) is 1.50. The lowest BCUT2D eigenvalue weighted by molar-refractivity contribution is 0.0678. The van der Waals surface area contributed by atoms with Gasteiger partial charge in [-0.25, -0.2) is 13.1 Å². The third-order valence-corrected chi connectivity index (χ3v) is 5.16. The van der Waals surface area contributed by atoms with E-state index in [1.54, 1.807) is 12.1 Å². The summed E-state index contributed by atoms with van der Waals surface area (Å²) in [7, 11) is -3.41. The van der Waals surface area contributed by atoms with Gasteiger partial charge in [-0.1, -0.05) is 19.1 Å². The van der Waals surface area contributed by atoms with E-state index in [4.69, 9.17) is 4.74 Å². The number of hydrogen-bond donors (Lipinski definition) is 2. The number of sulfonamides is 1. The zero-order valence-electron chi connectivity index (χ0n) is 12.5. The minimum atomic E-state index is -3.41. The molecule has 0 bridgehead atoms. The van der Waals surface area contributed by atoms with Gasteiger partial charge in [0.1, 0.15) is 0 Å². The van der Waals surface area contributed by atoms with E-state index in [2.05, 4.69) is 10.0 Å². The van der Waals surface area contributed by atoms with Gasteiger partial charge in [0.05, 0.1) is 4.90 Å². The molecule has 21 heavy (non-hydrogen) atoms. The number of rotatable bonds is 7. The third kappa shape index (κ3) is 5.07. The molecule has 2 N–H and O–H groups in total. The first-order valence-corrected chi connectivity index (χ1v) is 8.97. The van der Waals surface area contributed by atoms with Gasteiger partial charge >= 0.3 is 0 Å². The number of ether oxygens (including phenoxy) is 1. The van der Waals surface area contributed by atoms with Crippen molar-refractivity contribution in [2.45, 2.75) is 31.2 Å². The largest absolute Gasteiger partial charge is 0.381 e. The van der Waals surface area contributed by atoms with Gasteiger partial charge in [0, 0.05) is 26.3 Å². The molecule has 5 nitrogen and oxygen atoms in total. The van der Waals surface area contributed by atoms with E-state index >= 15 is 0 Å². The second-order valence-electron chi connectivity index (χ2n) is 5.33. The van der Waals surface area contributed by atoms with Gasteiger partial charge in [-0.05, 0) is 43.0 Å². The highest BCUT2D eigenvalue weighted by atomic mass is 32.2. The highest BCUT2D eigenvalue weighted by molar-refractivity contribution is 7.89. The zero-order valence-corrected chi connectivity index (χ0v) is 13.3. The summed E-state index contributed by atoms with van der Waals surface area (Å²) in [5.41, 5.74) is 1.08. The Morgan fingerprint density at radius 1 is 1.19 bits per heavy atom. The van der Waals surface area contributed by atoms with Crippen LogP contribution in [-0.4, -0.2) is 34.7 Å². The fourth-order valence-corrected chi connectivity index (χ4v) is 3.43. The highest BCUT2D eigenvalue weighted by Crippen LogP contribution is 2.15.